The first-order valence-electron chi connectivity index (χ1n) is 6.87. The van der Waals surface area contributed by atoms with Crippen molar-refractivity contribution in [3.05, 3.63) is 35.8 Å². The van der Waals surface area contributed by atoms with E-state index in [9.17, 15) is 9.90 Å². The number of carbonyl (C=O) groups is 1. The first kappa shape index (κ1) is 15.5. The minimum Gasteiger partial charge on any atom is -0.388 e. The minimum atomic E-state index is -0.999. The smallest absolute Gasteiger partial charge is 0.271 e. The number of nitrogens with one attached hydrogen (secondary N) is 1. The molecule has 0 radical (unpaired) electrons. The minimum absolute atomic E-state index is 0.155. The number of hydrogen-bond acceptors (Lipinski definition) is 4. The average molecular weight is 291 g/mol. The maximum Gasteiger partial charge on any atom is 0.271 e. The van der Waals surface area contributed by atoms with Gasteiger partial charge < -0.3 is 19.6 Å². The third kappa shape index (κ3) is 3.80. The molecule has 0 bridgehead atoms. The van der Waals surface area contributed by atoms with Crippen LogP contribution in [0, 0.1) is 6.92 Å². The maximum atomic E-state index is 12.1. The molecule has 1 atom stereocenters. The fraction of sp³-hybridized carbons (Fsp3) is 0.467. The molecule has 0 fully saturated rings. The molecule has 6 nitrogen and oxygen atoms in total. The van der Waals surface area contributed by atoms with Crippen molar-refractivity contribution in [2.24, 2.45) is 0 Å². The van der Waals surface area contributed by atoms with Gasteiger partial charge in [0, 0.05) is 38.6 Å². The number of aromatic nitrogens is 2. The van der Waals surface area contributed by atoms with Crippen LogP contribution in [-0.2, 0) is 4.74 Å². The van der Waals surface area contributed by atoms with Gasteiger partial charge in [-0.05, 0) is 26.0 Å². The number of nitrogens with zero attached hydrogens (tertiary/aromatic N) is 2. The number of rotatable bonds is 6. The van der Waals surface area contributed by atoms with E-state index in [4.69, 9.17) is 4.74 Å². The van der Waals surface area contributed by atoms with Crippen molar-refractivity contribution < 1.29 is 14.6 Å². The Hall–Kier alpha value is -1.92. The van der Waals surface area contributed by atoms with Crippen LogP contribution in [0.1, 0.15) is 29.5 Å². The molecule has 0 aliphatic carbocycles. The van der Waals surface area contributed by atoms with E-state index in [1.165, 1.54) is 0 Å². The second-order valence-corrected chi connectivity index (χ2v) is 5.44. The Morgan fingerprint density at radius 1 is 1.52 bits per heavy atom. The van der Waals surface area contributed by atoms with Gasteiger partial charge in [0.25, 0.3) is 5.91 Å². The lowest BCUT2D eigenvalue weighted by atomic mass is 10.0. The summed E-state index contributed by atoms with van der Waals surface area (Å²) in [6, 6.07) is 5.69. The van der Waals surface area contributed by atoms with Crippen molar-refractivity contribution in [3.8, 4) is 0 Å². The Labute approximate surface area is 123 Å². The highest BCUT2D eigenvalue weighted by atomic mass is 16.5. The summed E-state index contributed by atoms with van der Waals surface area (Å²) >= 11 is 0. The number of imidazole rings is 1. The van der Waals surface area contributed by atoms with Crippen LogP contribution in [0.5, 0.6) is 0 Å². The topological polar surface area (TPSA) is 75.9 Å². The molecule has 0 saturated carbocycles. The van der Waals surface area contributed by atoms with E-state index in [-0.39, 0.29) is 12.5 Å². The SMILES string of the molecule is COCCC(C)(O)CNC(=O)c1cn2c(C)cccc2n1. The summed E-state index contributed by atoms with van der Waals surface area (Å²) < 4.78 is 6.79. The van der Waals surface area contributed by atoms with Crippen LogP contribution in [0.4, 0.5) is 0 Å². The van der Waals surface area contributed by atoms with Gasteiger partial charge in [0.2, 0.25) is 0 Å². The summed E-state index contributed by atoms with van der Waals surface area (Å²) in [5, 5.41) is 12.8. The van der Waals surface area contributed by atoms with Crippen molar-refractivity contribution in [2.75, 3.05) is 20.3 Å². The summed E-state index contributed by atoms with van der Waals surface area (Å²) in [5.74, 6) is -0.296. The lowest BCUT2D eigenvalue weighted by molar-refractivity contribution is 0.0243. The number of methoxy groups -OCH3 is 1. The van der Waals surface area contributed by atoms with Gasteiger partial charge in [0.05, 0.1) is 5.60 Å². The summed E-state index contributed by atoms with van der Waals surface area (Å²) in [7, 11) is 1.58. The standard InChI is InChI=1S/C15H21N3O3/c1-11-5-4-6-13-17-12(9-18(11)13)14(19)16-10-15(2,20)7-8-21-3/h4-6,9,20H,7-8,10H2,1-3H3,(H,16,19). The molecule has 2 heterocycles. The molecule has 0 saturated heterocycles. The van der Waals surface area contributed by atoms with Crippen LogP contribution in [0.3, 0.4) is 0 Å². The molecule has 2 aromatic heterocycles. The lowest BCUT2D eigenvalue weighted by Crippen LogP contribution is -2.41. The summed E-state index contributed by atoms with van der Waals surface area (Å²) in [4.78, 5) is 16.4. The second kappa shape index (κ2) is 6.24. The predicted octanol–water partition coefficient (Wildman–Crippen LogP) is 1.16. The van der Waals surface area contributed by atoms with Gasteiger partial charge >= 0.3 is 0 Å². The van der Waals surface area contributed by atoms with Gasteiger partial charge in [-0.25, -0.2) is 4.98 Å². The van der Waals surface area contributed by atoms with Crippen LogP contribution in [0.15, 0.2) is 24.4 Å². The van der Waals surface area contributed by atoms with Gasteiger partial charge in [0.1, 0.15) is 11.3 Å². The third-order valence-electron chi connectivity index (χ3n) is 3.40. The van der Waals surface area contributed by atoms with Crippen molar-refractivity contribution >= 4 is 11.6 Å². The van der Waals surface area contributed by atoms with E-state index >= 15 is 0 Å². The number of carbonyl (C=O) groups excluding carboxylic acids is 1. The normalized spacial score (nSPS) is 14.1. The number of ether oxygens (including phenoxy) is 1. The van der Waals surface area contributed by atoms with Gasteiger partial charge in [0.15, 0.2) is 0 Å². The molecule has 0 aliphatic heterocycles. The largest absolute Gasteiger partial charge is 0.388 e. The Balaban J connectivity index is 2.04. The van der Waals surface area contributed by atoms with Crippen molar-refractivity contribution in [1.82, 2.24) is 14.7 Å². The third-order valence-corrected chi connectivity index (χ3v) is 3.40. The molecular formula is C15H21N3O3. The molecular weight excluding hydrogens is 270 g/mol. The van der Waals surface area contributed by atoms with Gasteiger partial charge in [-0.1, -0.05) is 6.07 Å². The second-order valence-electron chi connectivity index (χ2n) is 5.44. The fourth-order valence-electron chi connectivity index (χ4n) is 2.03. The van der Waals surface area contributed by atoms with E-state index in [1.54, 1.807) is 20.2 Å². The molecule has 2 rings (SSSR count). The average Bonchev–Trinajstić information content (AvgIpc) is 2.88. The molecule has 0 aliphatic rings. The Bertz CT molecular complexity index is 634. The van der Waals surface area contributed by atoms with Crippen molar-refractivity contribution in [3.63, 3.8) is 0 Å². The lowest BCUT2D eigenvalue weighted by Gasteiger charge is -2.22. The summed E-state index contributed by atoms with van der Waals surface area (Å²) in [6.07, 6.45) is 2.15. The van der Waals surface area contributed by atoms with Gasteiger partial charge in [-0.2, -0.15) is 0 Å². The Morgan fingerprint density at radius 2 is 2.29 bits per heavy atom. The van der Waals surface area contributed by atoms with E-state index in [1.807, 2.05) is 29.5 Å². The molecule has 6 heteroatoms. The zero-order valence-electron chi connectivity index (χ0n) is 12.6. The summed E-state index contributed by atoms with van der Waals surface area (Å²) in [6.45, 7) is 4.21. The summed E-state index contributed by atoms with van der Waals surface area (Å²) in [5.41, 5.74) is 1.07. The Morgan fingerprint density at radius 3 is 2.95 bits per heavy atom. The molecule has 2 aromatic rings. The molecule has 21 heavy (non-hydrogen) atoms. The molecule has 0 aromatic carbocycles. The van der Waals surface area contributed by atoms with E-state index in [2.05, 4.69) is 10.3 Å². The van der Waals surface area contributed by atoms with Gasteiger partial charge in [-0.3, -0.25) is 4.79 Å². The molecule has 1 unspecified atom stereocenters. The fourth-order valence-corrected chi connectivity index (χ4v) is 2.03. The van der Waals surface area contributed by atoms with Crippen LogP contribution in [0.2, 0.25) is 0 Å². The molecule has 114 valence electrons. The monoisotopic (exact) mass is 291 g/mol. The highest BCUT2D eigenvalue weighted by Gasteiger charge is 2.22. The number of amides is 1. The van der Waals surface area contributed by atoms with Crippen LogP contribution < -0.4 is 5.32 Å². The number of aliphatic hydroxyl groups is 1. The number of fused-ring (bicyclic) bond motifs is 1. The Kier molecular flexibility index (Phi) is 4.59. The first-order chi connectivity index (χ1) is 9.93. The highest BCUT2D eigenvalue weighted by Crippen LogP contribution is 2.10. The maximum absolute atomic E-state index is 12.1. The van der Waals surface area contributed by atoms with Crippen LogP contribution in [0.25, 0.3) is 5.65 Å². The quantitative estimate of drug-likeness (QED) is 0.837. The predicted molar refractivity (Wildman–Crippen MR) is 79.4 cm³/mol. The molecule has 1 amide bonds. The zero-order valence-corrected chi connectivity index (χ0v) is 12.6. The molecule has 0 spiro atoms. The zero-order chi connectivity index (χ0) is 15.5. The van der Waals surface area contributed by atoms with E-state index in [0.29, 0.717) is 18.7 Å². The number of hydrogen-bond donors (Lipinski definition) is 2. The molecule has 2 N–H and O–H groups in total. The van der Waals surface area contributed by atoms with Gasteiger partial charge in [-0.15, -0.1) is 0 Å². The number of pyridine rings is 1. The first-order valence-corrected chi connectivity index (χ1v) is 6.87. The number of aryl methyl sites for hydroxylation is 1. The van der Waals surface area contributed by atoms with E-state index in [0.717, 1.165) is 11.3 Å². The van der Waals surface area contributed by atoms with Crippen molar-refractivity contribution in [2.45, 2.75) is 25.9 Å². The van der Waals surface area contributed by atoms with Crippen LogP contribution >= 0.6 is 0 Å². The van der Waals surface area contributed by atoms with Crippen molar-refractivity contribution in [1.29, 1.82) is 0 Å². The van der Waals surface area contributed by atoms with Crippen LogP contribution in [-0.4, -0.2) is 46.3 Å². The highest BCUT2D eigenvalue weighted by molar-refractivity contribution is 5.92. The van der Waals surface area contributed by atoms with E-state index < -0.39 is 5.60 Å².